The first-order chi connectivity index (χ1) is 6.81. The molecule has 0 atom stereocenters. The van der Waals surface area contributed by atoms with E-state index in [1.807, 2.05) is 12.1 Å². The number of hydrogen-bond donors (Lipinski definition) is 0. The van der Waals surface area contributed by atoms with E-state index in [2.05, 4.69) is 0 Å². The summed E-state index contributed by atoms with van der Waals surface area (Å²) in [7, 11) is 0. The highest BCUT2D eigenvalue weighted by atomic mass is 19.1. The third kappa shape index (κ3) is 1.51. The molecule has 0 spiro atoms. The summed E-state index contributed by atoms with van der Waals surface area (Å²) in [5, 5.41) is 1.44. The van der Waals surface area contributed by atoms with Gasteiger partial charge in [-0.05, 0) is 17.0 Å². The highest BCUT2D eigenvalue weighted by Gasteiger charge is 2.00. The average Bonchev–Trinajstić information content (AvgIpc) is 2.18. The topological polar surface area (TPSA) is 17.1 Å². The number of carbonyl (C=O) groups is 1. The van der Waals surface area contributed by atoms with Crippen LogP contribution in [-0.2, 0) is 11.2 Å². The molecule has 0 saturated carbocycles. The lowest BCUT2D eigenvalue weighted by molar-refractivity contribution is -0.107. The molecule has 2 heteroatoms. The Labute approximate surface area is 81.2 Å². The Morgan fingerprint density at radius 2 is 2.07 bits per heavy atom. The van der Waals surface area contributed by atoms with Crippen LogP contribution in [0.4, 0.5) is 4.39 Å². The summed E-state index contributed by atoms with van der Waals surface area (Å²) in [5.41, 5.74) is 0.915. The maximum Gasteiger partial charge on any atom is 0.131 e. The second-order valence-electron chi connectivity index (χ2n) is 3.17. The summed E-state index contributed by atoms with van der Waals surface area (Å²) < 4.78 is 13.2. The van der Waals surface area contributed by atoms with Crippen LogP contribution in [0.1, 0.15) is 5.56 Å². The molecule has 70 valence electrons. The minimum absolute atomic E-state index is 0.222. The lowest BCUT2D eigenvalue weighted by atomic mass is 10.1. The van der Waals surface area contributed by atoms with Crippen LogP contribution in [0.5, 0.6) is 0 Å². The Morgan fingerprint density at radius 3 is 2.86 bits per heavy atom. The van der Waals surface area contributed by atoms with Gasteiger partial charge in [0.1, 0.15) is 12.1 Å². The number of aldehydes is 1. The molecule has 0 N–H and O–H groups in total. The zero-order valence-corrected chi connectivity index (χ0v) is 7.53. The molecule has 0 fully saturated rings. The van der Waals surface area contributed by atoms with Crippen molar-refractivity contribution in [2.24, 2.45) is 0 Å². The van der Waals surface area contributed by atoms with Gasteiger partial charge in [-0.1, -0.05) is 30.3 Å². The normalized spacial score (nSPS) is 10.4. The minimum atomic E-state index is -0.222. The van der Waals surface area contributed by atoms with E-state index in [9.17, 15) is 9.18 Å². The largest absolute Gasteiger partial charge is 0.303 e. The highest BCUT2D eigenvalue weighted by molar-refractivity contribution is 5.84. The lowest BCUT2D eigenvalue weighted by Gasteiger charge is -2.01. The van der Waals surface area contributed by atoms with E-state index in [1.165, 1.54) is 6.07 Å². The molecule has 0 heterocycles. The molecule has 0 amide bonds. The average molecular weight is 188 g/mol. The molecule has 0 radical (unpaired) electrons. The smallest absolute Gasteiger partial charge is 0.131 e. The molecular formula is C12H9FO. The van der Waals surface area contributed by atoms with Gasteiger partial charge in [0.2, 0.25) is 0 Å². The Kier molecular flexibility index (Phi) is 2.27. The molecule has 0 saturated heterocycles. The summed E-state index contributed by atoms with van der Waals surface area (Å²) in [6, 6.07) is 10.3. The van der Waals surface area contributed by atoms with Crippen molar-refractivity contribution < 1.29 is 9.18 Å². The number of benzene rings is 2. The first-order valence-electron chi connectivity index (χ1n) is 4.42. The molecule has 0 aliphatic heterocycles. The van der Waals surface area contributed by atoms with E-state index >= 15 is 0 Å². The van der Waals surface area contributed by atoms with Gasteiger partial charge < -0.3 is 4.79 Å². The van der Waals surface area contributed by atoms with Gasteiger partial charge >= 0.3 is 0 Å². The summed E-state index contributed by atoms with van der Waals surface area (Å²) >= 11 is 0. The molecule has 1 nitrogen and oxygen atoms in total. The molecular weight excluding hydrogens is 179 g/mol. The highest BCUT2D eigenvalue weighted by Crippen LogP contribution is 2.18. The van der Waals surface area contributed by atoms with Gasteiger partial charge in [-0.15, -0.1) is 0 Å². The Bertz CT molecular complexity index is 477. The van der Waals surface area contributed by atoms with Crippen LogP contribution in [0.15, 0.2) is 36.4 Å². The fraction of sp³-hybridized carbons (Fsp3) is 0.0833. The maximum atomic E-state index is 13.2. The SMILES string of the molecule is O=CCc1ccc2c(F)cccc2c1. The second-order valence-corrected chi connectivity index (χ2v) is 3.17. The quantitative estimate of drug-likeness (QED) is 0.662. The molecule has 0 bridgehead atoms. The van der Waals surface area contributed by atoms with E-state index in [0.29, 0.717) is 11.8 Å². The van der Waals surface area contributed by atoms with Crippen molar-refractivity contribution in [1.29, 1.82) is 0 Å². The maximum absolute atomic E-state index is 13.2. The molecule has 0 aliphatic rings. The molecule has 14 heavy (non-hydrogen) atoms. The zero-order valence-electron chi connectivity index (χ0n) is 7.53. The van der Waals surface area contributed by atoms with Crippen LogP contribution in [0, 0.1) is 5.82 Å². The number of carbonyl (C=O) groups excluding carboxylic acids is 1. The molecule has 2 aromatic carbocycles. The second kappa shape index (κ2) is 3.58. The number of halogens is 1. The minimum Gasteiger partial charge on any atom is -0.303 e. The van der Waals surface area contributed by atoms with Crippen LogP contribution < -0.4 is 0 Å². The first-order valence-corrected chi connectivity index (χ1v) is 4.42. The van der Waals surface area contributed by atoms with Crippen molar-refractivity contribution in [1.82, 2.24) is 0 Å². The van der Waals surface area contributed by atoms with Gasteiger partial charge in [0.15, 0.2) is 0 Å². The number of hydrogen-bond acceptors (Lipinski definition) is 1. The molecule has 0 unspecified atom stereocenters. The van der Waals surface area contributed by atoms with E-state index in [-0.39, 0.29) is 5.82 Å². The Hall–Kier alpha value is -1.70. The molecule has 2 rings (SSSR count). The summed E-state index contributed by atoms with van der Waals surface area (Å²) in [5.74, 6) is -0.222. The van der Waals surface area contributed by atoms with Gasteiger partial charge in [0, 0.05) is 11.8 Å². The predicted octanol–water partition coefficient (Wildman–Crippen LogP) is 2.72. The Balaban J connectivity index is 2.61. The van der Waals surface area contributed by atoms with Gasteiger partial charge in [-0.3, -0.25) is 0 Å². The van der Waals surface area contributed by atoms with Crippen molar-refractivity contribution >= 4 is 17.1 Å². The van der Waals surface area contributed by atoms with Crippen LogP contribution in [0.2, 0.25) is 0 Å². The fourth-order valence-electron chi connectivity index (χ4n) is 1.52. The van der Waals surface area contributed by atoms with Crippen molar-refractivity contribution in [3.8, 4) is 0 Å². The standard InChI is InChI=1S/C12H9FO/c13-12-3-1-2-10-8-9(6-7-14)4-5-11(10)12/h1-5,7-8H,6H2. The van der Waals surface area contributed by atoms with Gasteiger partial charge in [-0.25, -0.2) is 4.39 Å². The Morgan fingerprint density at radius 1 is 1.21 bits per heavy atom. The van der Waals surface area contributed by atoms with E-state index < -0.39 is 0 Å². The predicted molar refractivity (Wildman–Crippen MR) is 53.7 cm³/mol. The summed E-state index contributed by atoms with van der Waals surface area (Å²) in [6.07, 6.45) is 1.23. The van der Waals surface area contributed by atoms with Crippen molar-refractivity contribution in [2.75, 3.05) is 0 Å². The molecule has 0 aromatic heterocycles. The zero-order chi connectivity index (χ0) is 9.97. The third-order valence-electron chi connectivity index (χ3n) is 2.21. The molecule has 2 aromatic rings. The van der Waals surface area contributed by atoms with Gasteiger partial charge in [0.05, 0.1) is 0 Å². The monoisotopic (exact) mass is 188 g/mol. The van der Waals surface area contributed by atoms with E-state index in [0.717, 1.165) is 17.2 Å². The fourth-order valence-corrected chi connectivity index (χ4v) is 1.52. The van der Waals surface area contributed by atoms with Crippen molar-refractivity contribution in [3.05, 3.63) is 47.8 Å². The van der Waals surface area contributed by atoms with Crippen molar-refractivity contribution in [2.45, 2.75) is 6.42 Å². The van der Waals surface area contributed by atoms with Gasteiger partial charge in [0.25, 0.3) is 0 Å². The first kappa shape index (κ1) is 8.88. The van der Waals surface area contributed by atoms with Crippen LogP contribution in [-0.4, -0.2) is 6.29 Å². The van der Waals surface area contributed by atoms with E-state index in [1.54, 1.807) is 18.2 Å². The molecule has 0 aliphatic carbocycles. The van der Waals surface area contributed by atoms with Crippen LogP contribution in [0.25, 0.3) is 10.8 Å². The van der Waals surface area contributed by atoms with Crippen LogP contribution in [0.3, 0.4) is 0 Å². The third-order valence-corrected chi connectivity index (χ3v) is 2.21. The summed E-state index contributed by atoms with van der Waals surface area (Å²) in [6.45, 7) is 0. The van der Waals surface area contributed by atoms with Crippen LogP contribution >= 0.6 is 0 Å². The van der Waals surface area contributed by atoms with E-state index in [4.69, 9.17) is 0 Å². The number of rotatable bonds is 2. The van der Waals surface area contributed by atoms with Gasteiger partial charge in [-0.2, -0.15) is 0 Å². The summed E-state index contributed by atoms with van der Waals surface area (Å²) in [4.78, 5) is 10.3. The van der Waals surface area contributed by atoms with Crippen molar-refractivity contribution in [3.63, 3.8) is 0 Å². The number of fused-ring (bicyclic) bond motifs is 1. The lowest BCUT2D eigenvalue weighted by Crippen LogP contribution is -1.86.